The van der Waals surface area contributed by atoms with Gasteiger partial charge in [-0.05, 0) is 29.2 Å². The number of aromatic nitrogens is 1. The Balaban J connectivity index is 1.69. The van der Waals surface area contributed by atoms with Crippen LogP contribution in [-0.4, -0.2) is 45.2 Å². The van der Waals surface area contributed by atoms with Gasteiger partial charge >= 0.3 is 0 Å². The molecule has 0 aliphatic rings. The van der Waals surface area contributed by atoms with Gasteiger partial charge in [0.1, 0.15) is 5.82 Å². The lowest BCUT2D eigenvalue weighted by atomic mass is 10.2. The molecular weight excluding hydrogens is 338 g/mol. The minimum absolute atomic E-state index is 0.383. The second-order valence-electron chi connectivity index (χ2n) is 6.83. The van der Waals surface area contributed by atoms with E-state index in [4.69, 9.17) is 4.74 Å². The molecule has 2 N–H and O–H groups in total. The normalized spacial score (nSPS) is 12.5. The lowest BCUT2D eigenvalue weighted by Gasteiger charge is -2.17. The highest BCUT2D eigenvalue weighted by molar-refractivity contribution is 5.79. The van der Waals surface area contributed by atoms with Gasteiger partial charge < -0.3 is 20.3 Å². The van der Waals surface area contributed by atoms with Gasteiger partial charge in [0.15, 0.2) is 5.96 Å². The van der Waals surface area contributed by atoms with Crippen molar-refractivity contribution in [3.63, 3.8) is 0 Å². The van der Waals surface area contributed by atoms with Crippen LogP contribution in [0.2, 0.25) is 0 Å². The van der Waals surface area contributed by atoms with Crippen molar-refractivity contribution >= 4 is 11.8 Å². The Kier molecular flexibility index (Phi) is 8.58. The number of rotatable bonds is 9. The predicted molar refractivity (Wildman–Crippen MR) is 112 cm³/mol. The number of hydrogen-bond donors (Lipinski definition) is 2. The van der Waals surface area contributed by atoms with E-state index in [1.54, 1.807) is 7.05 Å². The van der Waals surface area contributed by atoms with Crippen molar-refractivity contribution in [2.75, 3.05) is 39.2 Å². The lowest BCUT2D eigenvalue weighted by Crippen LogP contribution is -2.39. The quantitative estimate of drug-likeness (QED) is 0.526. The summed E-state index contributed by atoms with van der Waals surface area (Å²) in [6, 6.07) is 14.3. The molecule has 6 heteroatoms. The Hall–Kier alpha value is -2.60. The summed E-state index contributed by atoms with van der Waals surface area (Å²) in [6.45, 7) is 5.01. The molecular formula is C21H31N5O. The molecule has 0 bridgehead atoms. The van der Waals surface area contributed by atoms with E-state index < -0.39 is 0 Å². The van der Waals surface area contributed by atoms with Crippen molar-refractivity contribution in [1.29, 1.82) is 0 Å². The monoisotopic (exact) mass is 369 g/mol. The number of hydrogen-bond acceptors (Lipinski definition) is 4. The van der Waals surface area contributed by atoms with E-state index in [0.29, 0.717) is 25.7 Å². The highest BCUT2D eigenvalue weighted by Crippen LogP contribution is 2.09. The first-order chi connectivity index (χ1) is 13.1. The van der Waals surface area contributed by atoms with Crippen molar-refractivity contribution in [2.45, 2.75) is 20.1 Å². The van der Waals surface area contributed by atoms with Crippen molar-refractivity contribution < 1.29 is 4.74 Å². The first-order valence-electron chi connectivity index (χ1n) is 9.27. The molecule has 0 aliphatic heterocycles. The molecule has 2 aromatic rings. The molecule has 27 heavy (non-hydrogen) atoms. The van der Waals surface area contributed by atoms with Gasteiger partial charge in [0.05, 0.1) is 13.2 Å². The minimum Gasteiger partial charge on any atom is -0.376 e. The van der Waals surface area contributed by atoms with Gasteiger partial charge in [-0.3, -0.25) is 4.99 Å². The fourth-order valence-electron chi connectivity index (χ4n) is 2.50. The van der Waals surface area contributed by atoms with Crippen LogP contribution in [0.3, 0.4) is 0 Å². The summed E-state index contributed by atoms with van der Waals surface area (Å²) in [5.74, 6) is 2.11. The van der Waals surface area contributed by atoms with Crippen LogP contribution in [0.25, 0.3) is 0 Å². The molecule has 1 unspecified atom stereocenters. The smallest absolute Gasteiger partial charge is 0.191 e. The summed E-state index contributed by atoms with van der Waals surface area (Å²) < 4.78 is 5.80. The molecule has 0 spiro atoms. The Morgan fingerprint density at radius 3 is 2.63 bits per heavy atom. The molecule has 0 aliphatic carbocycles. The van der Waals surface area contributed by atoms with Crippen molar-refractivity contribution in [3.8, 4) is 0 Å². The zero-order chi connectivity index (χ0) is 19.5. The number of nitrogens with zero attached hydrogens (tertiary/aromatic N) is 3. The molecule has 2 rings (SSSR count). The van der Waals surface area contributed by atoms with E-state index in [1.807, 2.05) is 49.5 Å². The number of aliphatic imine (C=N–C) groups is 1. The van der Waals surface area contributed by atoms with Crippen LogP contribution in [0.5, 0.6) is 0 Å². The maximum atomic E-state index is 5.80. The number of nitrogens with one attached hydrogen (secondary N) is 2. The third kappa shape index (κ3) is 7.66. The number of pyridine rings is 1. The molecule has 0 saturated heterocycles. The van der Waals surface area contributed by atoms with Crippen LogP contribution in [0.15, 0.2) is 53.7 Å². The third-order valence-corrected chi connectivity index (χ3v) is 4.08. The molecule has 0 fully saturated rings. The molecule has 0 radical (unpaired) electrons. The highest BCUT2D eigenvalue weighted by atomic mass is 16.5. The maximum Gasteiger partial charge on any atom is 0.191 e. The van der Waals surface area contributed by atoms with E-state index >= 15 is 0 Å². The zero-order valence-corrected chi connectivity index (χ0v) is 16.8. The summed E-state index contributed by atoms with van der Waals surface area (Å²) in [5, 5.41) is 6.70. The highest BCUT2D eigenvalue weighted by Gasteiger charge is 2.06. The second kappa shape index (κ2) is 11.2. The molecule has 0 saturated carbocycles. The van der Waals surface area contributed by atoms with Crippen LogP contribution in [0, 0.1) is 5.92 Å². The van der Waals surface area contributed by atoms with Gasteiger partial charge in [0.25, 0.3) is 0 Å². The summed E-state index contributed by atoms with van der Waals surface area (Å²) in [7, 11) is 5.76. The van der Waals surface area contributed by atoms with Crippen LogP contribution in [0.4, 0.5) is 5.82 Å². The Morgan fingerprint density at radius 2 is 1.93 bits per heavy atom. The fourth-order valence-corrected chi connectivity index (χ4v) is 2.50. The molecule has 0 amide bonds. The molecule has 1 heterocycles. The fraction of sp³-hybridized carbons (Fsp3) is 0.429. The van der Waals surface area contributed by atoms with E-state index in [1.165, 1.54) is 5.56 Å². The average Bonchev–Trinajstić information content (AvgIpc) is 2.69. The van der Waals surface area contributed by atoms with Crippen molar-refractivity contribution in [3.05, 3.63) is 59.8 Å². The van der Waals surface area contributed by atoms with Gasteiger partial charge in [-0.2, -0.15) is 0 Å². The lowest BCUT2D eigenvalue weighted by molar-refractivity contribution is 0.0931. The number of guanidine groups is 1. The topological polar surface area (TPSA) is 61.8 Å². The van der Waals surface area contributed by atoms with E-state index in [2.05, 4.69) is 45.7 Å². The van der Waals surface area contributed by atoms with E-state index in [9.17, 15) is 0 Å². The van der Waals surface area contributed by atoms with Gasteiger partial charge in [-0.15, -0.1) is 0 Å². The van der Waals surface area contributed by atoms with E-state index in [-0.39, 0.29) is 0 Å². The summed E-state index contributed by atoms with van der Waals surface area (Å²) in [6.07, 6.45) is 1.83. The molecule has 1 aromatic heterocycles. The van der Waals surface area contributed by atoms with Crippen LogP contribution >= 0.6 is 0 Å². The molecule has 1 atom stereocenters. The van der Waals surface area contributed by atoms with Gasteiger partial charge in [-0.1, -0.05) is 37.3 Å². The second-order valence-corrected chi connectivity index (χ2v) is 6.83. The summed E-state index contributed by atoms with van der Waals surface area (Å²) in [5.41, 5.74) is 2.36. The summed E-state index contributed by atoms with van der Waals surface area (Å²) in [4.78, 5) is 10.6. The molecule has 1 aromatic carbocycles. The minimum atomic E-state index is 0.383. The van der Waals surface area contributed by atoms with Gasteiger partial charge in [-0.25, -0.2) is 4.98 Å². The largest absolute Gasteiger partial charge is 0.376 e. The molecule has 146 valence electrons. The number of benzene rings is 1. The third-order valence-electron chi connectivity index (χ3n) is 4.08. The van der Waals surface area contributed by atoms with E-state index in [0.717, 1.165) is 23.9 Å². The van der Waals surface area contributed by atoms with Crippen LogP contribution in [0.1, 0.15) is 18.1 Å². The van der Waals surface area contributed by atoms with Crippen LogP contribution < -0.4 is 15.5 Å². The Labute approximate surface area is 162 Å². The SMILES string of the molecule is CN=C(NCc1ccnc(N(C)C)c1)NCC(C)COCc1ccccc1. The Morgan fingerprint density at radius 1 is 1.15 bits per heavy atom. The standard InChI is InChI=1S/C21H31N5O/c1-17(15-27-16-18-8-6-5-7-9-18)13-24-21(22-2)25-14-19-10-11-23-20(12-19)26(3)4/h5-12,17H,13-16H2,1-4H3,(H2,22,24,25). The van der Waals surface area contributed by atoms with Crippen molar-refractivity contribution in [2.24, 2.45) is 10.9 Å². The van der Waals surface area contributed by atoms with Crippen LogP contribution in [-0.2, 0) is 17.9 Å². The maximum absolute atomic E-state index is 5.80. The summed E-state index contributed by atoms with van der Waals surface area (Å²) >= 11 is 0. The number of anilines is 1. The Bertz CT molecular complexity index is 703. The number of ether oxygens (including phenoxy) is 1. The molecule has 6 nitrogen and oxygen atoms in total. The zero-order valence-electron chi connectivity index (χ0n) is 16.8. The first-order valence-corrected chi connectivity index (χ1v) is 9.27. The van der Waals surface area contributed by atoms with Gasteiger partial charge in [0.2, 0.25) is 0 Å². The predicted octanol–water partition coefficient (Wildman–Crippen LogP) is 2.67. The van der Waals surface area contributed by atoms with Crippen molar-refractivity contribution in [1.82, 2.24) is 15.6 Å². The average molecular weight is 370 g/mol. The van der Waals surface area contributed by atoms with Gasteiger partial charge in [0, 0.05) is 40.4 Å². The first kappa shape index (κ1) is 20.7.